The van der Waals surface area contributed by atoms with Crippen molar-refractivity contribution in [1.82, 2.24) is 19.9 Å². The first-order valence-electron chi connectivity index (χ1n) is 11.8. The Morgan fingerprint density at radius 3 is 2.60 bits per heavy atom. The van der Waals surface area contributed by atoms with E-state index in [-0.39, 0.29) is 0 Å². The van der Waals surface area contributed by atoms with Crippen molar-refractivity contribution in [3.8, 4) is 11.1 Å². The molecule has 0 aliphatic rings. The number of nitrogens with one attached hydrogen (secondary N) is 3. The molecule has 0 radical (unpaired) electrons. The number of fused-ring (bicyclic) bond motifs is 2. The molecule has 6 aromatic rings. The van der Waals surface area contributed by atoms with E-state index in [9.17, 15) is 0 Å². The van der Waals surface area contributed by atoms with Crippen LogP contribution in [-0.2, 0) is 12.8 Å². The van der Waals surface area contributed by atoms with E-state index in [2.05, 4.69) is 98.2 Å². The lowest BCUT2D eigenvalue weighted by atomic mass is 10.0. The molecular formula is C29H26N6. The number of anilines is 2. The lowest BCUT2D eigenvalue weighted by molar-refractivity contribution is 0.982. The third-order valence-corrected chi connectivity index (χ3v) is 6.46. The number of benzene rings is 3. The van der Waals surface area contributed by atoms with Crippen LogP contribution in [0.2, 0.25) is 0 Å². The van der Waals surface area contributed by atoms with E-state index in [1.54, 1.807) is 0 Å². The number of rotatable bonds is 7. The molecule has 6 heteroatoms. The van der Waals surface area contributed by atoms with Gasteiger partial charge in [-0.2, -0.15) is 4.98 Å². The monoisotopic (exact) mass is 458 g/mol. The van der Waals surface area contributed by atoms with Crippen LogP contribution in [0.1, 0.15) is 16.7 Å². The zero-order valence-electron chi connectivity index (χ0n) is 19.3. The molecular weight excluding hydrogens is 432 g/mol. The van der Waals surface area contributed by atoms with Gasteiger partial charge in [0.05, 0.1) is 0 Å². The highest BCUT2D eigenvalue weighted by Crippen LogP contribution is 2.27. The fourth-order valence-electron chi connectivity index (χ4n) is 4.58. The smallest absolute Gasteiger partial charge is 0.224 e. The lowest BCUT2D eigenvalue weighted by Crippen LogP contribution is -2.10. The number of hydrogen-bond acceptors (Lipinski definition) is 4. The molecule has 6 nitrogen and oxygen atoms in total. The molecule has 0 saturated carbocycles. The number of H-pyrrole nitrogens is 2. The molecule has 35 heavy (non-hydrogen) atoms. The first kappa shape index (κ1) is 21.0. The third-order valence-electron chi connectivity index (χ3n) is 6.46. The van der Waals surface area contributed by atoms with Gasteiger partial charge in [-0.15, -0.1) is 0 Å². The Hall–Kier alpha value is -4.58. The lowest BCUT2D eigenvalue weighted by Gasteiger charge is -2.09. The van der Waals surface area contributed by atoms with Gasteiger partial charge in [-0.05, 0) is 64.4 Å². The second kappa shape index (κ2) is 8.99. The molecule has 0 aliphatic carbocycles. The zero-order chi connectivity index (χ0) is 23.6. The molecule has 3 heterocycles. The molecule has 6 rings (SSSR count). The minimum atomic E-state index is 0.510. The maximum absolute atomic E-state index is 6.27. The maximum Gasteiger partial charge on any atom is 0.224 e. The van der Waals surface area contributed by atoms with Gasteiger partial charge >= 0.3 is 0 Å². The standard InChI is InChI=1S/C29H26N6/c30-28-24(15-19-6-8-26-22(14-19)10-12-31-26)18-34-29(35-28)32-13-11-23-17-33-27-9-7-21(16-25(23)27)20-4-2-1-3-5-20/h1-10,12,14,16-18,31,33H,11,13,15H2,(H3,30,32,34,35). The van der Waals surface area contributed by atoms with E-state index in [0.29, 0.717) is 24.7 Å². The Labute approximate surface area is 203 Å². The van der Waals surface area contributed by atoms with Gasteiger partial charge in [0.15, 0.2) is 0 Å². The van der Waals surface area contributed by atoms with Gasteiger partial charge in [0, 0.05) is 53.5 Å². The van der Waals surface area contributed by atoms with Crippen molar-refractivity contribution in [3.63, 3.8) is 0 Å². The van der Waals surface area contributed by atoms with Crippen molar-refractivity contribution in [3.05, 3.63) is 108 Å². The van der Waals surface area contributed by atoms with Crippen molar-refractivity contribution in [2.24, 2.45) is 0 Å². The largest absolute Gasteiger partial charge is 0.383 e. The number of nitrogen functional groups attached to an aromatic ring is 1. The SMILES string of the molecule is Nc1nc(NCCc2c[nH]c3ccc(-c4ccccc4)cc23)ncc1Cc1ccc2[nH]ccc2c1. The maximum atomic E-state index is 6.27. The van der Waals surface area contributed by atoms with Gasteiger partial charge in [0.1, 0.15) is 5.82 Å². The summed E-state index contributed by atoms with van der Waals surface area (Å²) < 4.78 is 0. The summed E-state index contributed by atoms with van der Waals surface area (Å²) in [6, 6.07) is 25.4. The van der Waals surface area contributed by atoms with Crippen LogP contribution in [0, 0.1) is 0 Å². The zero-order valence-corrected chi connectivity index (χ0v) is 19.3. The molecule has 0 unspecified atom stereocenters. The fraction of sp³-hybridized carbons (Fsp3) is 0.103. The van der Waals surface area contributed by atoms with Gasteiger partial charge in [-0.25, -0.2) is 4.98 Å². The molecule has 0 amide bonds. The summed E-state index contributed by atoms with van der Waals surface area (Å²) in [5.41, 5.74) is 14.3. The Balaban J connectivity index is 1.12. The average molecular weight is 459 g/mol. The highest BCUT2D eigenvalue weighted by atomic mass is 15.1. The van der Waals surface area contributed by atoms with E-state index in [0.717, 1.165) is 23.0 Å². The molecule has 5 N–H and O–H groups in total. The van der Waals surface area contributed by atoms with E-state index >= 15 is 0 Å². The van der Waals surface area contributed by atoms with Crippen LogP contribution in [-0.4, -0.2) is 26.5 Å². The molecule has 3 aromatic heterocycles. The van der Waals surface area contributed by atoms with E-state index in [1.807, 2.05) is 18.5 Å². The van der Waals surface area contributed by atoms with Crippen LogP contribution in [0.4, 0.5) is 11.8 Å². The molecule has 3 aromatic carbocycles. The van der Waals surface area contributed by atoms with Crippen LogP contribution in [0.15, 0.2) is 91.4 Å². The Morgan fingerprint density at radius 2 is 1.71 bits per heavy atom. The van der Waals surface area contributed by atoms with Gasteiger partial charge < -0.3 is 21.0 Å². The highest BCUT2D eigenvalue weighted by molar-refractivity contribution is 5.88. The van der Waals surface area contributed by atoms with Crippen molar-refractivity contribution in [1.29, 1.82) is 0 Å². The van der Waals surface area contributed by atoms with Crippen LogP contribution in [0.3, 0.4) is 0 Å². The normalized spacial score (nSPS) is 11.3. The van der Waals surface area contributed by atoms with Crippen LogP contribution in [0.25, 0.3) is 32.9 Å². The second-order valence-electron chi connectivity index (χ2n) is 8.80. The van der Waals surface area contributed by atoms with Gasteiger partial charge in [0.25, 0.3) is 0 Å². The first-order valence-corrected chi connectivity index (χ1v) is 11.8. The molecule has 0 aliphatic heterocycles. The van der Waals surface area contributed by atoms with Gasteiger partial charge in [-0.3, -0.25) is 0 Å². The highest BCUT2D eigenvalue weighted by Gasteiger charge is 2.09. The average Bonchev–Trinajstić information content (AvgIpc) is 3.52. The molecule has 0 spiro atoms. The van der Waals surface area contributed by atoms with Crippen molar-refractivity contribution in [2.45, 2.75) is 12.8 Å². The molecule has 0 saturated heterocycles. The predicted molar refractivity (Wildman–Crippen MR) is 143 cm³/mol. The summed E-state index contributed by atoms with van der Waals surface area (Å²) in [6.45, 7) is 0.714. The number of nitrogens with zero attached hydrogens (tertiary/aromatic N) is 2. The van der Waals surface area contributed by atoms with Crippen molar-refractivity contribution < 1.29 is 0 Å². The topological polar surface area (TPSA) is 95.4 Å². The van der Waals surface area contributed by atoms with Crippen LogP contribution in [0.5, 0.6) is 0 Å². The molecule has 0 atom stereocenters. The summed E-state index contributed by atoms with van der Waals surface area (Å²) >= 11 is 0. The van der Waals surface area contributed by atoms with Gasteiger partial charge in [-0.1, -0.05) is 42.5 Å². The summed E-state index contributed by atoms with van der Waals surface area (Å²) in [4.78, 5) is 15.6. The van der Waals surface area contributed by atoms with Crippen LogP contribution < -0.4 is 11.1 Å². The molecule has 0 fully saturated rings. The Morgan fingerprint density at radius 1 is 0.829 bits per heavy atom. The van der Waals surface area contributed by atoms with Gasteiger partial charge in [0.2, 0.25) is 5.95 Å². The Kier molecular flexibility index (Phi) is 5.39. The van der Waals surface area contributed by atoms with Crippen molar-refractivity contribution >= 4 is 33.6 Å². The minimum absolute atomic E-state index is 0.510. The van der Waals surface area contributed by atoms with E-state index in [1.165, 1.54) is 33.0 Å². The summed E-state index contributed by atoms with van der Waals surface area (Å²) in [5, 5.41) is 5.75. The second-order valence-corrected chi connectivity index (χ2v) is 8.80. The third kappa shape index (κ3) is 4.34. The summed E-state index contributed by atoms with van der Waals surface area (Å²) in [5.74, 6) is 1.06. The summed E-state index contributed by atoms with van der Waals surface area (Å²) in [6.07, 6.45) is 7.40. The van der Waals surface area contributed by atoms with Crippen LogP contribution >= 0.6 is 0 Å². The number of nitrogens with two attached hydrogens (primary N) is 1. The summed E-state index contributed by atoms with van der Waals surface area (Å²) in [7, 11) is 0. The quantitative estimate of drug-likeness (QED) is 0.238. The van der Waals surface area contributed by atoms with E-state index in [4.69, 9.17) is 5.73 Å². The van der Waals surface area contributed by atoms with E-state index < -0.39 is 0 Å². The number of aromatic nitrogens is 4. The molecule has 172 valence electrons. The minimum Gasteiger partial charge on any atom is -0.383 e. The fourth-order valence-corrected chi connectivity index (χ4v) is 4.58. The first-order chi connectivity index (χ1) is 17.2. The number of hydrogen-bond donors (Lipinski definition) is 4. The Bertz CT molecular complexity index is 1610. The number of aromatic amines is 2. The van der Waals surface area contributed by atoms with Crippen molar-refractivity contribution in [2.75, 3.05) is 17.6 Å². The predicted octanol–water partition coefficient (Wildman–Crippen LogP) is 5.93. The molecule has 0 bridgehead atoms.